The SMILES string of the molecule is CCN1CCCC(C(C)Nc2ccc(N(C)C)cc2)C1. The van der Waals surface area contributed by atoms with Crippen molar-refractivity contribution in [1.82, 2.24) is 4.90 Å². The fraction of sp³-hybridized carbons (Fsp3) is 0.647. The van der Waals surface area contributed by atoms with Crippen LogP contribution >= 0.6 is 0 Å². The predicted molar refractivity (Wildman–Crippen MR) is 88.7 cm³/mol. The summed E-state index contributed by atoms with van der Waals surface area (Å²) < 4.78 is 0. The zero-order valence-electron chi connectivity index (χ0n) is 13.4. The van der Waals surface area contributed by atoms with Crippen LogP contribution in [0.25, 0.3) is 0 Å². The monoisotopic (exact) mass is 275 g/mol. The summed E-state index contributed by atoms with van der Waals surface area (Å²) in [6, 6.07) is 9.26. The summed E-state index contributed by atoms with van der Waals surface area (Å²) >= 11 is 0. The second-order valence-corrected chi connectivity index (χ2v) is 6.17. The van der Waals surface area contributed by atoms with Gasteiger partial charge in [0.2, 0.25) is 0 Å². The van der Waals surface area contributed by atoms with Gasteiger partial charge < -0.3 is 15.1 Å². The van der Waals surface area contributed by atoms with Crippen molar-refractivity contribution >= 4 is 11.4 Å². The number of hydrogen-bond donors (Lipinski definition) is 1. The molecule has 0 bridgehead atoms. The van der Waals surface area contributed by atoms with Gasteiger partial charge >= 0.3 is 0 Å². The van der Waals surface area contributed by atoms with E-state index < -0.39 is 0 Å². The van der Waals surface area contributed by atoms with Gasteiger partial charge in [-0.15, -0.1) is 0 Å². The van der Waals surface area contributed by atoms with Gasteiger partial charge in [-0.2, -0.15) is 0 Å². The fourth-order valence-corrected chi connectivity index (χ4v) is 3.02. The highest BCUT2D eigenvalue weighted by molar-refractivity contribution is 5.54. The Morgan fingerprint density at radius 1 is 1.30 bits per heavy atom. The van der Waals surface area contributed by atoms with E-state index in [2.05, 4.69) is 67.3 Å². The molecule has 1 fully saturated rings. The molecule has 0 saturated carbocycles. The molecule has 1 aromatic rings. The molecule has 1 aliphatic heterocycles. The number of anilines is 2. The Labute approximate surface area is 124 Å². The lowest BCUT2D eigenvalue weighted by Gasteiger charge is -2.35. The van der Waals surface area contributed by atoms with Crippen molar-refractivity contribution in [2.24, 2.45) is 5.92 Å². The highest BCUT2D eigenvalue weighted by atomic mass is 15.1. The van der Waals surface area contributed by atoms with Crippen molar-refractivity contribution in [3.63, 3.8) is 0 Å². The largest absolute Gasteiger partial charge is 0.382 e. The molecule has 0 aromatic heterocycles. The molecular weight excluding hydrogens is 246 g/mol. The van der Waals surface area contributed by atoms with Crippen molar-refractivity contribution in [3.05, 3.63) is 24.3 Å². The van der Waals surface area contributed by atoms with Gasteiger partial charge in [0.15, 0.2) is 0 Å². The van der Waals surface area contributed by atoms with E-state index in [1.165, 1.54) is 43.9 Å². The minimum Gasteiger partial charge on any atom is -0.382 e. The third kappa shape index (κ3) is 3.89. The van der Waals surface area contributed by atoms with Gasteiger partial charge in [-0.05, 0) is 63.0 Å². The molecule has 3 heteroatoms. The topological polar surface area (TPSA) is 18.5 Å². The van der Waals surface area contributed by atoms with Crippen LogP contribution in [0.2, 0.25) is 0 Å². The minimum atomic E-state index is 0.537. The van der Waals surface area contributed by atoms with Crippen LogP contribution in [0.5, 0.6) is 0 Å². The molecule has 0 spiro atoms. The molecule has 2 unspecified atom stereocenters. The Morgan fingerprint density at radius 2 is 2.00 bits per heavy atom. The predicted octanol–water partition coefficient (Wildman–Crippen LogP) is 3.28. The summed E-state index contributed by atoms with van der Waals surface area (Å²) in [4.78, 5) is 4.70. The van der Waals surface area contributed by atoms with Crippen molar-refractivity contribution in [2.75, 3.05) is 43.9 Å². The van der Waals surface area contributed by atoms with E-state index in [1.54, 1.807) is 0 Å². The number of benzene rings is 1. The van der Waals surface area contributed by atoms with Crippen LogP contribution in [0.3, 0.4) is 0 Å². The molecule has 0 amide bonds. The maximum atomic E-state index is 3.68. The van der Waals surface area contributed by atoms with Gasteiger partial charge in [0.25, 0.3) is 0 Å². The van der Waals surface area contributed by atoms with E-state index >= 15 is 0 Å². The molecule has 1 aromatic carbocycles. The zero-order valence-corrected chi connectivity index (χ0v) is 13.4. The van der Waals surface area contributed by atoms with Crippen LogP contribution in [0.15, 0.2) is 24.3 Å². The first-order chi connectivity index (χ1) is 9.60. The van der Waals surface area contributed by atoms with E-state index in [-0.39, 0.29) is 0 Å². The molecule has 1 N–H and O–H groups in total. The smallest absolute Gasteiger partial charge is 0.0362 e. The van der Waals surface area contributed by atoms with E-state index in [4.69, 9.17) is 0 Å². The molecule has 2 rings (SSSR count). The first-order valence-corrected chi connectivity index (χ1v) is 7.86. The van der Waals surface area contributed by atoms with Crippen LogP contribution < -0.4 is 10.2 Å². The normalized spacial score (nSPS) is 21.5. The Balaban J connectivity index is 1.91. The highest BCUT2D eigenvalue weighted by Gasteiger charge is 2.23. The summed E-state index contributed by atoms with van der Waals surface area (Å²) in [5.74, 6) is 0.761. The van der Waals surface area contributed by atoms with Crippen LogP contribution in [0.4, 0.5) is 11.4 Å². The Bertz CT molecular complexity index is 399. The Morgan fingerprint density at radius 3 is 2.60 bits per heavy atom. The van der Waals surface area contributed by atoms with Crippen molar-refractivity contribution in [3.8, 4) is 0 Å². The lowest BCUT2D eigenvalue weighted by atomic mass is 9.91. The lowest BCUT2D eigenvalue weighted by molar-refractivity contribution is 0.172. The number of nitrogens with zero attached hydrogens (tertiary/aromatic N) is 2. The molecule has 1 aliphatic rings. The third-order valence-corrected chi connectivity index (χ3v) is 4.47. The van der Waals surface area contributed by atoms with Gasteiger partial charge in [0, 0.05) is 38.1 Å². The van der Waals surface area contributed by atoms with Crippen molar-refractivity contribution in [1.29, 1.82) is 0 Å². The third-order valence-electron chi connectivity index (χ3n) is 4.47. The first-order valence-electron chi connectivity index (χ1n) is 7.86. The zero-order chi connectivity index (χ0) is 14.5. The molecule has 112 valence electrons. The molecule has 0 radical (unpaired) electrons. The van der Waals surface area contributed by atoms with Crippen LogP contribution in [0.1, 0.15) is 26.7 Å². The maximum Gasteiger partial charge on any atom is 0.0362 e. The molecule has 0 aliphatic carbocycles. The quantitative estimate of drug-likeness (QED) is 0.889. The van der Waals surface area contributed by atoms with Gasteiger partial charge in [0.05, 0.1) is 0 Å². The van der Waals surface area contributed by atoms with Crippen molar-refractivity contribution in [2.45, 2.75) is 32.7 Å². The maximum absolute atomic E-state index is 3.68. The van der Waals surface area contributed by atoms with E-state index in [0.717, 1.165) is 5.92 Å². The van der Waals surface area contributed by atoms with Gasteiger partial charge in [-0.25, -0.2) is 0 Å². The number of hydrogen-bond acceptors (Lipinski definition) is 3. The number of piperidine rings is 1. The lowest BCUT2D eigenvalue weighted by Crippen LogP contribution is -2.41. The molecule has 1 saturated heterocycles. The van der Waals surface area contributed by atoms with Crippen molar-refractivity contribution < 1.29 is 0 Å². The average Bonchev–Trinajstić information content (AvgIpc) is 2.47. The van der Waals surface area contributed by atoms with E-state index in [9.17, 15) is 0 Å². The summed E-state index contributed by atoms with van der Waals surface area (Å²) in [7, 11) is 4.15. The standard InChI is InChI=1S/C17H29N3/c1-5-20-12-6-7-15(13-20)14(2)18-16-8-10-17(11-9-16)19(3)4/h8-11,14-15,18H,5-7,12-13H2,1-4H3. The Hall–Kier alpha value is -1.22. The fourth-order valence-electron chi connectivity index (χ4n) is 3.02. The van der Waals surface area contributed by atoms with Gasteiger partial charge in [-0.3, -0.25) is 0 Å². The molecule has 20 heavy (non-hydrogen) atoms. The summed E-state index contributed by atoms with van der Waals surface area (Å²) in [6.45, 7) is 8.28. The summed E-state index contributed by atoms with van der Waals surface area (Å²) in [5, 5.41) is 3.68. The van der Waals surface area contributed by atoms with E-state index in [1.807, 2.05) is 0 Å². The molecular formula is C17H29N3. The van der Waals surface area contributed by atoms with Crippen LogP contribution in [-0.2, 0) is 0 Å². The van der Waals surface area contributed by atoms with E-state index in [0.29, 0.717) is 6.04 Å². The van der Waals surface area contributed by atoms with Gasteiger partial charge in [-0.1, -0.05) is 6.92 Å². The van der Waals surface area contributed by atoms with Crippen LogP contribution in [-0.4, -0.2) is 44.7 Å². The minimum absolute atomic E-state index is 0.537. The molecule has 2 atom stereocenters. The summed E-state index contributed by atoms with van der Waals surface area (Å²) in [6.07, 6.45) is 2.69. The molecule has 1 heterocycles. The number of rotatable bonds is 5. The van der Waals surface area contributed by atoms with Crippen LogP contribution in [0, 0.1) is 5.92 Å². The first kappa shape index (κ1) is 15.2. The second-order valence-electron chi connectivity index (χ2n) is 6.17. The summed E-state index contributed by atoms with van der Waals surface area (Å²) in [5.41, 5.74) is 2.48. The number of nitrogens with one attached hydrogen (secondary N) is 1. The molecule has 3 nitrogen and oxygen atoms in total. The van der Waals surface area contributed by atoms with Gasteiger partial charge in [0.1, 0.15) is 0 Å². The second kappa shape index (κ2) is 6.98. The Kier molecular flexibility index (Phi) is 5.30. The highest BCUT2D eigenvalue weighted by Crippen LogP contribution is 2.23. The number of likely N-dealkylation sites (tertiary alicyclic amines) is 1. The average molecular weight is 275 g/mol.